The number of alkyl halides is 2. The molecule has 2 nitrogen and oxygen atoms in total. The van der Waals surface area contributed by atoms with Crippen molar-refractivity contribution in [3.63, 3.8) is 0 Å². The molecule has 2 bridgehead atoms. The van der Waals surface area contributed by atoms with E-state index in [4.69, 9.17) is 9.47 Å². The van der Waals surface area contributed by atoms with Gasteiger partial charge < -0.3 is 9.47 Å². The summed E-state index contributed by atoms with van der Waals surface area (Å²) in [5, 5.41) is 0. The van der Waals surface area contributed by atoms with E-state index in [-0.39, 0.29) is 10.1 Å². The summed E-state index contributed by atoms with van der Waals surface area (Å²) >= 11 is 8.02. The topological polar surface area (TPSA) is 18.5 Å². The largest absolute Gasteiger partial charge is 0.346 e. The van der Waals surface area contributed by atoms with Crippen LogP contribution in [0.1, 0.15) is 0 Å². The summed E-state index contributed by atoms with van der Waals surface area (Å²) in [6.07, 6.45) is 0. The number of hydrogen-bond donors (Lipinski definition) is 0. The number of hydrogen-bond acceptors (Lipinski definition) is 2. The van der Waals surface area contributed by atoms with Crippen LogP contribution in [0.2, 0.25) is 0 Å². The van der Waals surface area contributed by atoms with Crippen LogP contribution in [-0.4, -0.2) is 27.6 Å². The monoisotopic (exact) mass is 332 g/mol. The highest BCUT2D eigenvalue weighted by Gasteiger charge is 3.08. The van der Waals surface area contributed by atoms with Crippen molar-refractivity contribution in [2.24, 2.45) is 35.5 Å². The molecule has 4 unspecified atom stereocenters. The molecule has 1 heterocycles. The smallest absolute Gasteiger partial charge is 0.187 e. The van der Waals surface area contributed by atoms with Gasteiger partial charge in [-0.1, -0.05) is 31.9 Å². The molecule has 1 saturated heterocycles. The van der Waals surface area contributed by atoms with E-state index in [1.54, 1.807) is 0 Å². The van der Waals surface area contributed by atoms with Gasteiger partial charge in [-0.3, -0.25) is 0 Å². The molecule has 4 heteroatoms. The van der Waals surface area contributed by atoms with Crippen LogP contribution in [0.4, 0.5) is 0 Å². The fourth-order valence-electron chi connectivity index (χ4n) is 6.49. The summed E-state index contributed by atoms with van der Waals surface area (Å²) in [5.41, 5.74) is 0. The Morgan fingerprint density at radius 2 is 1.33 bits per heavy atom. The Morgan fingerprint density at radius 1 is 0.800 bits per heavy atom. The Kier molecular flexibility index (Phi) is 0.922. The van der Waals surface area contributed by atoms with Gasteiger partial charge in [-0.2, -0.15) is 0 Å². The van der Waals surface area contributed by atoms with Crippen molar-refractivity contribution in [3.05, 3.63) is 0 Å². The number of rotatable bonds is 0. The van der Waals surface area contributed by atoms with Gasteiger partial charge >= 0.3 is 0 Å². The molecule has 1 spiro atoms. The first-order chi connectivity index (χ1) is 7.19. The third-order valence-electron chi connectivity index (χ3n) is 6.51. The molecule has 6 saturated carbocycles. The molecule has 0 amide bonds. The van der Waals surface area contributed by atoms with Gasteiger partial charge in [0.1, 0.15) is 0 Å². The van der Waals surface area contributed by atoms with Crippen LogP contribution in [0.15, 0.2) is 0 Å². The maximum Gasteiger partial charge on any atom is 0.187 e. The van der Waals surface area contributed by atoms with Crippen LogP contribution < -0.4 is 0 Å². The van der Waals surface area contributed by atoms with E-state index in [1.165, 1.54) is 0 Å². The van der Waals surface area contributed by atoms with E-state index in [1.807, 2.05) is 0 Å². The SMILES string of the molecule is BrC12C3[C@@H]4[C@H]1C1[C@H]2[C@H]3C4(Br)C12OCCO2. The maximum absolute atomic E-state index is 6.06. The summed E-state index contributed by atoms with van der Waals surface area (Å²) in [6, 6.07) is 0. The molecule has 80 valence electrons. The fraction of sp³-hybridized carbons (Fsp3) is 1.00. The zero-order chi connectivity index (χ0) is 9.79. The molecule has 0 aromatic heterocycles. The molecule has 0 aromatic rings. The first kappa shape index (κ1) is 8.06. The summed E-state index contributed by atoms with van der Waals surface area (Å²) in [6.45, 7) is 1.59. The van der Waals surface area contributed by atoms with E-state index in [0.29, 0.717) is 10.2 Å². The van der Waals surface area contributed by atoms with Crippen molar-refractivity contribution in [2.45, 2.75) is 14.4 Å². The molecule has 6 aliphatic carbocycles. The molecule has 0 N–H and O–H groups in total. The van der Waals surface area contributed by atoms with E-state index in [9.17, 15) is 0 Å². The lowest BCUT2D eigenvalue weighted by Crippen LogP contribution is -2.93. The lowest BCUT2D eigenvalue weighted by molar-refractivity contribution is -0.337. The van der Waals surface area contributed by atoms with Gasteiger partial charge in [0.15, 0.2) is 5.79 Å². The molecular weight excluding hydrogens is 324 g/mol. The fourth-order valence-corrected chi connectivity index (χ4v) is 9.83. The standard InChI is InChI=1S/C11H10Br2O2/c12-9-3-6-4(9)8-5(9)7(3)10(6,13)11(8)14-1-2-15-11/h3-8H,1-2H2/t3?,4-,5+,6+,7-,8?,9?,10?. The lowest BCUT2D eigenvalue weighted by Gasteiger charge is -2.89. The van der Waals surface area contributed by atoms with E-state index < -0.39 is 0 Å². The van der Waals surface area contributed by atoms with Gasteiger partial charge in [-0.25, -0.2) is 0 Å². The van der Waals surface area contributed by atoms with Gasteiger partial charge in [0.05, 0.1) is 17.5 Å². The van der Waals surface area contributed by atoms with Crippen LogP contribution in [-0.2, 0) is 9.47 Å². The second-order valence-corrected chi connectivity index (χ2v) is 8.80. The first-order valence-corrected chi connectivity index (χ1v) is 7.43. The summed E-state index contributed by atoms with van der Waals surface area (Å²) in [4.78, 5) is 0. The molecule has 0 radical (unpaired) electrons. The van der Waals surface area contributed by atoms with Crippen molar-refractivity contribution in [1.82, 2.24) is 0 Å². The second-order valence-electron chi connectivity index (χ2n) is 6.11. The second kappa shape index (κ2) is 1.72. The number of halogens is 2. The summed E-state index contributed by atoms with van der Waals surface area (Å²) in [5.74, 6) is 4.78. The maximum atomic E-state index is 6.06. The first-order valence-electron chi connectivity index (χ1n) is 5.85. The van der Waals surface area contributed by atoms with Crippen LogP contribution in [0.25, 0.3) is 0 Å². The zero-order valence-corrected chi connectivity index (χ0v) is 11.1. The van der Waals surface area contributed by atoms with Gasteiger partial charge in [0.25, 0.3) is 0 Å². The van der Waals surface area contributed by atoms with Crippen molar-refractivity contribution in [2.75, 3.05) is 13.2 Å². The molecular formula is C11H10Br2O2. The highest BCUT2D eigenvalue weighted by molar-refractivity contribution is 9.10. The molecule has 15 heavy (non-hydrogen) atoms. The van der Waals surface area contributed by atoms with Crippen molar-refractivity contribution < 1.29 is 9.47 Å². The van der Waals surface area contributed by atoms with Gasteiger partial charge in [-0.15, -0.1) is 0 Å². The predicted octanol–water partition coefficient (Wildman–Crippen LogP) is 1.76. The minimum Gasteiger partial charge on any atom is -0.346 e. The molecule has 7 aliphatic rings. The van der Waals surface area contributed by atoms with Crippen LogP contribution in [0.5, 0.6) is 0 Å². The highest BCUT2D eigenvalue weighted by atomic mass is 79.9. The Balaban J connectivity index is 1.65. The van der Waals surface area contributed by atoms with Crippen molar-refractivity contribution in [3.8, 4) is 0 Å². The Hall–Kier alpha value is 0.880. The molecule has 7 rings (SSSR count). The molecule has 1 aliphatic heterocycles. The van der Waals surface area contributed by atoms with Crippen molar-refractivity contribution in [1.29, 1.82) is 0 Å². The van der Waals surface area contributed by atoms with Crippen LogP contribution >= 0.6 is 31.9 Å². The van der Waals surface area contributed by atoms with Crippen LogP contribution in [0, 0.1) is 35.5 Å². The van der Waals surface area contributed by atoms with E-state index in [0.717, 1.165) is 42.8 Å². The average Bonchev–Trinajstić information content (AvgIpc) is 2.78. The Morgan fingerprint density at radius 3 is 1.87 bits per heavy atom. The Labute approximate surface area is 104 Å². The average molecular weight is 334 g/mol. The minimum atomic E-state index is -0.220. The molecule has 0 aromatic carbocycles. The summed E-state index contributed by atoms with van der Waals surface area (Å²) in [7, 11) is 0. The highest BCUT2D eigenvalue weighted by Crippen LogP contribution is 3.03. The summed E-state index contributed by atoms with van der Waals surface area (Å²) < 4.78 is 12.9. The lowest BCUT2D eigenvalue weighted by atomic mass is 9.20. The van der Waals surface area contributed by atoms with E-state index in [2.05, 4.69) is 31.9 Å². The van der Waals surface area contributed by atoms with Crippen LogP contribution in [0.3, 0.4) is 0 Å². The third kappa shape index (κ3) is 0.397. The predicted molar refractivity (Wildman–Crippen MR) is 58.9 cm³/mol. The van der Waals surface area contributed by atoms with Crippen molar-refractivity contribution >= 4 is 31.9 Å². The van der Waals surface area contributed by atoms with Gasteiger partial charge in [0.2, 0.25) is 0 Å². The minimum absolute atomic E-state index is 0.205. The Bertz CT molecular complexity index is 410. The molecule has 7 fully saturated rings. The quantitative estimate of drug-likeness (QED) is 0.629. The normalized spacial score (nSPS) is 82.0. The van der Waals surface area contributed by atoms with Gasteiger partial charge in [-0.05, 0) is 29.6 Å². The molecule has 8 atom stereocenters. The zero-order valence-electron chi connectivity index (χ0n) is 7.95. The number of ether oxygens (including phenoxy) is 2. The van der Waals surface area contributed by atoms with E-state index >= 15 is 0 Å². The third-order valence-corrected chi connectivity index (χ3v) is 9.71. The van der Waals surface area contributed by atoms with Gasteiger partial charge in [0, 0.05) is 10.2 Å².